The fourth-order valence-electron chi connectivity index (χ4n) is 3.29. The summed E-state index contributed by atoms with van der Waals surface area (Å²) < 4.78 is 0. The number of likely N-dealkylation sites (tertiary alicyclic amines) is 1. The summed E-state index contributed by atoms with van der Waals surface area (Å²) in [6.07, 6.45) is 5.91. The van der Waals surface area contributed by atoms with Crippen molar-refractivity contribution in [1.82, 2.24) is 4.90 Å². The van der Waals surface area contributed by atoms with E-state index in [1.165, 1.54) is 4.90 Å². The van der Waals surface area contributed by atoms with Crippen molar-refractivity contribution in [2.45, 2.75) is 57.9 Å². The Labute approximate surface area is 102 Å². The third-order valence-corrected chi connectivity index (χ3v) is 4.30. The molecule has 1 aliphatic heterocycles. The number of aliphatic hydroxyl groups is 1. The first-order chi connectivity index (χ1) is 8.12. The second-order valence-electron chi connectivity index (χ2n) is 5.46. The topological polar surface area (TPSA) is 57.6 Å². The number of hydrogen-bond acceptors (Lipinski definition) is 3. The first kappa shape index (κ1) is 12.6. The van der Waals surface area contributed by atoms with Crippen molar-refractivity contribution in [1.29, 1.82) is 0 Å². The summed E-state index contributed by atoms with van der Waals surface area (Å²) in [5, 5.41) is 9.22. The van der Waals surface area contributed by atoms with Crippen molar-refractivity contribution in [3.63, 3.8) is 0 Å². The summed E-state index contributed by atoms with van der Waals surface area (Å²) in [6, 6.07) is -0.325. The number of rotatable bonds is 3. The number of amides is 2. The molecule has 1 heterocycles. The number of hydrogen-bond donors (Lipinski definition) is 1. The van der Waals surface area contributed by atoms with Gasteiger partial charge in [0.1, 0.15) is 0 Å². The molecule has 2 amide bonds. The lowest BCUT2D eigenvalue weighted by Crippen LogP contribution is -2.52. The number of imide groups is 1. The van der Waals surface area contributed by atoms with Crippen LogP contribution in [-0.2, 0) is 9.59 Å². The second-order valence-corrected chi connectivity index (χ2v) is 5.46. The van der Waals surface area contributed by atoms with Gasteiger partial charge in [-0.1, -0.05) is 19.8 Å². The maximum Gasteiger partial charge on any atom is 0.230 e. The van der Waals surface area contributed by atoms with Crippen molar-refractivity contribution >= 4 is 11.8 Å². The smallest absolute Gasteiger partial charge is 0.230 e. The van der Waals surface area contributed by atoms with Gasteiger partial charge >= 0.3 is 0 Å². The maximum absolute atomic E-state index is 12.1. The SMILES string of the molecule is CC[C@H](CO)N1C(=O)CC2(CCCC2)CC1=O. The van der Waals surface area contributed by atoms with E-state index in [4.69, 9.17) is 0 Å². The Morgan fingerprint density at radius 2 is 1.76 bits per heavy atom. The molecule has 1 saturated carbocycles. The van der Waals surface area contributed by atoms with E-state index < -0.39 is 0 Å². The minimum atomic E-state index is -0.325. The fourth-order valence-corrected chi connectivity index (χ4v) is 3.29. The van der Waals surface area contributed by atoms with E-state index in [1.54, 1.807) is 0 Å². The molecule has 2 aliphatic rings. The first-order valence-electron chi connectivity index (χ1n) is 6.57. The van der Waals surface area contributed by atoms with Gasteiger partial charge in [0.2, 0.25) is 11.8 Å². The quantitative estimate of drug-likeness (QED) is 0.759. The lowest BCUT2D eigenvalue weighted by atomic mass is 9.76. The van der Waals surface area contributed by atoms with Crippen LogP contribution in [0.15, 0.2) is 0 Å². The third kappa shape index (κ3) is 2.23. The van der Waals surface area contributed by atoms with E-state index >= 15 is 0 Å². The van der Waals surface area contributed by atoms with E-state index in [0.29, 0.717) is 19.3 Å². The van der Waals surface area contributed by atoms with Crippen molar-refractivity contribution in [2.24, 2.45) is 5.41 Å². The predicted molar refractivity (Wildman–Crippen MR) is 63.2 cm³/mol. The summed E-state index contributed by atoms with van der Waals surface area (Å²) >= 11 is 0. The number of aliphatic hydroxyl groups excluding tert-OH is 1. The molecule has 1 aliphatic carbocycles. The van der Waals surface area contributed by atoms with Crippen LogP contribution in [0.25, 0.3) is 0 Å². The van der Waals surface area contributed by atoms with Gasteiger partial charge in [-0.15, -0.1) is 0 Å². The number of carbonyl (C=O) groups is 2. The Morgan fingerprint density at radius 1 is 1.24 bits per heavy atom. The van der Waals surface area contributed by atoms with Gasteiger partial charge < -0.3 is 5.11 Å². The molecule has 1 spiro atoms. The van der Waals surface area contributed by atoms with Crippen LogP contribution in [0.3, 0.4) is 0 Å². The summed E-state index contributed by atoms with van der Waals surface area (Å²) in [4.78, 5) is 25.5. The zero-order valence-electron chi connectivity index (χ0n) is 10.4. The maximum atomic E-state index is 12.1. The molecule has 2 rings (SSSR count). The van der Waals surface area contributed by atoms with Crippen LogP contribution in [0, 0.1) is 5.41 Å². The number of nitrogens with zero attached hydrogens (tertiary/aromatic N) is 1. The molecule has 0 aromatic rings. The Kier molecular flexibility index (Phi) is 3.52. The van der Waals surface area contributed by atoms with E-state index in [2.05, 4.69) is 0 Å². The van der Waals surface area contributed by atoms with Gasteiger partial charge in [-0.25, -0.2) is 0 Å². The molecule has 0 unspecified atom stereocenters. The Balaban J connectivity index is 2.13. The van der Waals surface area contributed by atoms with Crippen molar-refractivity contribution in [2.75, 3.05) is 6.61 Å². The van der Waals surface area contributed by atoms with Gasteiger partial charge in [-0.3, -0.25) is 14.5 Å². The monoisotopic (exact) mass is 239 g/mol. The third-order valence-electron chi connectivity index (χ3n) is 4.30. The summed E-state index contributed by atoms with van der Waals surface area (Å²) in [5.74, 6) is -0.159. The van der Waals surface area contributed by atoms with Gasteiger partial charge in [0.05, 0.1) is 12.6 Å². The minimum absolute atomic E-state index is 0.0432. The van der Waals surface area contributed by atoms with Gasteiger partial charge in [0, 0.05) is 12.8 Å². The fraction of sp³-hybridized carbons (Fsp3) is 0.846. The van der Waals surface area contributed by atoms with Crippen molar-refractivity contribution < 1.29 is 14.7 Å². The normalized spacial score (nSPS) is 25.6. The zero-order chi connectivity index (χ0) is 12.5. The molecule has 17 heavy (non-hydrogen) atoms. The molecule has 1 saturated heterocycles. The van der Waals surface area contributed by atoms with Gasteiger partial charge in [-0.2, -0.15) is 0 Å². The van der Waals surface area contributed by atoms with Crippen LogP contribution in [0.1, 0.15) is 51.9 Å². The number of piperidine rings is 1. The summed E-state index contributed by atoms with van der Waals surface area (Å²) in [5.41, 5.74) is -0.0432. The number of carbonyl (C=O) groups excluding carboxylic acids is 2. The van der Waals surface area contributed by atoms with E-state index in [0.717, 1.165) is 25.7 Å². The van der Waals surface area contributed by atoms with Crippen LogP contribution in [0.2, 0.25) is 0 Å². The molecule has 0 bridgehead atoms. The Bertz CT molecular complexity index is 297. The first-order valence-corrected chi connectivity index (χ1v) is 6.57. The Hall–Kier alpha value is -0.900. The standard InChI is InChI=1S/C13H21NO3/c1-2-10(9-15)14-11(16)7-13(8-12(14)17)5-3-4-6-13/h10,15H,2-9H2,1H3/t10-/m1/s1. The van der Waals surface area contributed by atoms with Crippen LogP contribution >= 0.6 is 0 Å². The molecule has 4 heteroatoms. The van der Waals surface area contributed by atoms with Crippen molar-refractivity contribution in [3.05, 3.63) is 0 Å². The molecule has 0 radical (unpaired) electrons. The molecule has 1 atom stereocenters. The highest BCUT2D eigenvalue weighted by atomic mass is 16.3. The predicted octanol–water partition coefficient (Wildman–Crippen LogP) is 1.47. The molecule has 1 N–H and O–H groups in total. The van der Waals surface area contributed by atoms with Gasteiger partial charge in [-0.05, 0) is 24.7 Å². The van der Waals surface area contributed by atoms with Crippen LogP contribution < -0.4 is 0 Å². The van der Waals surface area contributed by atoms with E-state index in [9.17, 15) is 14.7 Å². The highest BCUT2D eigenvalue weighted by Gasteiger charge is 2.46. The molecule has 96 valence electrons. The van der Waals surface area contributed by atoms with E-state index in [1.807, 2.05) is 6.92 Å². The zero-order valence-corrected chi connectivity index (χ0v) is 10.4. The second kappa shape index (κ2) is 4.77. The van der Waals surface area contributed by atoms with Crippen molar-refractivity contribution in [3.8, 4) is 0 Å². The molecule has 0 aromatic heterocycles. The average Bonchev–Trinajstić information content (AvgIpc) is 2.71. The lowest BCUT2D eigenvalue weighted by Gasteiger charge is -2.40. The molecular weight excluding hydrogens is 218 g/mol. The minimum Gasteiger partial charge on any atom is -0.394 e. The van der Waals surface area contributed by atoms with Crippen LogP contribution in [0.4, 0.5) is 0 Å². The highest BCUT2D eigenvalue weighted by Crippen LogP contribution is 2.47. The summed E-state index contributed by atoms with van der Waals surface area (Å²) in [6.45, 7) is 1.77. The Morgan fingerprint density at radius 3 is 2.18 bits per heavy atom. The highest BCUT2D eigenvalue weighted by molar-refractivity contribution is 5.99. The molecule has 4 nitrogen and oxygen atoms in total. The van der Waals surface area contributed by atoms with Crippen LogP contribution in [0.5, 0.6) is 0 Å². The largest absolute Gasteiger partial charge is 0.394 e. The molecule has 2 fully saturated rings. The van der Waals surface area contributed by atoms with E-state index in [-0.39, 0.29) is 29.9 Å². The lowest BCUT2D eigenvalue weighted by molar-refractivity contribution is -0.157. The van der Waals surface area contributed by atoms with Gasteiger partial charge in [0.25, 0.3) is 0 Å². The molecule has 0 aromatic carbocycles. The molecular formula is C13H21NO3. The average molecular weight is 239 g/mol. The van der Waals surface area contributed by atoms with Crippen LogP contribution in [-0.4, -0.2) is 34.5 Å². The van der Waals surface area contributed by atoms with Gasteiger partial charge in [0.15, 0.2) is 0 Å². The summed E-state index contributed by atoms with van der Waals surface area (Å²) in [7, 11) is 0.